The smallest absolute Gasteiger partial charge is 0.270 e. The number of pyridine rings is 1. The number of nitro benzene ring substituents is 1. The number of anilines is 1. The molecule has 0 saturated carbocycles. The number of carbonyl (C=O) groups is 1. The fourth-order valence-electron chi connectivity index (χ4n) is 2.07. The van der Waals surface area contributed by atoms with E-state index in [2.05, 4.69) is 15.6 Å². The van der Waals surface area contributed by atoms with Crippen molar-refractivity contribution in [3.63, 3.8) is 0 Å². The number of non-ortho nitro benzene ring substituents is 1. The van der Waals surface area contributed by atoms with E-state index in [1.807, 2.05) is 20.8 Å². The molecule has 1 atom stereocenters. The van der Waals surface area contributed by atoms with E-state index in [-0.39, 0.29) is 17.1 Å². The van der Waals surface area contributed by atoms with Crippen LogP contribution in [-0.4, -0.2) is 27.4 Å². The van der Waals surface area contributed by atoms with E-state index in [1.54, 1.807) is 25.1 Å². The Bertz CT molecular complexity index is 753. The molecule has 0 saturated heterocycles. The standard InChI is InChI=1S/C16H20N4O3/c1-10(15(21)19-16(2,3)4)17-14-8-5-11-9-12(20(22)23)6-7-13(11)18-14/h5-10H,1-4H3,(H,17,18)(H,19,21). The molecule has 0 fully saturated rings. The molecule has 2 aromatic rings. The number of hydrogen-bond acceptors (Lipinski definition) is 5. The number of fused-ring (bicyclic) bond motifs is 1. The molecule has 0 aliphatic carbocycles. The summed E-state index contributed by atoms with van der Waals surface area (Å²) >= 11 is 0. The van der Waals surface area contributed by atoms with Crippen LogP contribution in [0.1, 0.15) is 27.7 Å². The third-order valence-electron chi connectivity index (χ3n) is 3.14. The number of nitrogens with one attached hydrogen (secondary N) is 2. The highest BCUT2D eigenvalue weighted by atomic mass is 16.6. The first-order chi connectivity index (χ1) is 10.7. The molecule has 2 N–H and O–H groups in total. The van der Waals surface area contributed by atoms with Crippen molar-refractivity contribution >= 4 is 28.3 Å². The highest BCUT2D eigenvalue weighted by Crippen LogP contribution is 2.21. The minimum Gasteiger partial charge on any atom is -0.359 e. The van der Waals surface area contributed by atoms with Crippen LogP contribution in [0.5, 0.6) is 0 Å². The molecule has 7 nitrogen and oxygen atoms in total. The van der Waals surface area contributed by atoms with Gasteiger partial charge >= 0.3 is 0 Å². The Morgan fingerprint density at radius 3 is 2.57 bits per heavy atom. The van der Waals surface area contributed by atoms with E-state index < -0.39 is 11.0 Å². The van der Waals surface area contributed by atoms with Gasteiger partial charge in [-0.1, -0.05) is 0 Å². The summed E-state index contributed by atoms with van der Waals surface area (Å²) in [5.41, 5.74) is 0.352. The summed E-state index contributed by atoms with van der Waals surface area (Å²) in [6, 6.07) is 7.48. The molecule has 1 unspecified atom stereocenters. The van der Waals surface area contributed by atoms with Gasteiger partial charge in [0, 0.05) is 23.1 Å². The molecule has 23 heavy (non-hydrogen) atoms. The summed E-state index contributed by atoms with van der Waals surface area (Å²) in [5.74, 6) is 0.422. The van der Waals surface area contributed by atoms with Gasteiger partial charge in [-0.05, 0) is 45.9 Å². The number of carbonyl (C=O) groups excluding carboxylic acids is 1. The highest BCUT2D eigenvalue weighted by Gasteiger charge is 2.19. The van der Waals surface area contributed by atoms with Gasteiger partial charge in [0.25, 0.3) is 5.69 Å². The van der Waals surface area contributed by atoms with Gasteiger partial charge in [0.05, 0.1) is 10.4 Å². The normalized spacial score (nSPS) is 12.7. The van der Waals surface area contributed by atoms with Crippen LogP contribution < -0.4 is 10.6 Å². The minimum atomic E-state index is -0.447. The Labute approximate surface area is 134 Å². The number of hydrogen-bond donors (Lipinski definition) is 2. The lowest BCUT2D eigenvalue weighted by atomic mass is 10.1. The second-order valence-corrected chi connectivity index (χ2v) is 6.44. The van der Waals surface area contributed by atoms with Crippen molar-refractivity contribution < 1.29 is 9.72 Å². The monoisotopic (exact) mass is 316 g/mol. The van der Waals surface area contributed by atoms with E-state index in [4.69, 9.17) is 0 Å². The number of benzene rings is 1. The zero-order valence-corrected chi connectivity index (χ0v) is 13.6. The van der Waals surface area contributed by atoms with Gasteiger partial charge in [-0.15, -0.1) is 0 Å². The van der Waals surface area contributed by atoms with Gasteiger partial charge in [-0.3, -0.25) is 14.9 Å². The van der Waals surface area contributed by atoms with Crippen LogP contribution >= 0.6 is 0 Å². The van der Waals surface area contributed by atoms with Crippen molar-refractivity contribution in [1.82, 2.24) is 10.3 Å². The molecule has 1 aromatic heterocycles. The molecule has 2 rings (SSSR count). The Kier molecular flexibility index (Phi) is 4.49. The van der Waals surface area contributed by atoms with Gasteiger partial charge in [-0.25, -0.2) is 4.98 Å². The van der Waals surface area contributed by atoms with Gasteiger partial charge in [0.15, 0.2) is 0 Å². The summed E-state index contributed by atoms with van der Waals surface area (Å²) in [7, 11) is 0. The van der Waals surface area contributed by atoms with Crippen molar-refractivity contribution in [2.24, 2.45) is 0 Å². The molecule has 0 radical (unpaired) electrons. The SMILES string of the molecule is CC(Nc1ccc2cc([N+](=O)[O-])ccc2n1)C(=O)NC(C)(C)C. The lowest BCUT2D eigenvalue weighted by molar-refractivity contribution is -0.384. The Morgan fingerprint density at radius 2 is 1.96 bits per heavy atom. The topological polar surface area (TPSA) is 97.2 Å². The number of nitro groups is 1. The van der Waals surface area contributed by atoms with Crippen LogP contribution in [0.15, 0.2) is 30.3 Å². The molecule has 0 spiro atoms. The molecule has 1 heterocycles. The zero-order valence-electron chi connectivity index (χ0n) is 13.6. The second-order valence-electron chi connectivity index (χ2n) is 6.44. The van der Waals surface area contributed by atoms with Crippen molar-refractivity contribution in [2.45, 2.75) is 39.3 Å². The average molecular weight is 316 g/mol. The summed E-state index contributed by atoms with van der Waals surface area (Å²) in [6.07, 6.45) is 0. The summed E-state index contributed by atoms with van der Waals surface area (Å²) in [6.45, 7) is 7.50. The first-order valence-corrected chi connectivity index (χ1v) is 7.29. The van der Waals surface area contributed by atoms with Crippen LogP contribution in [0.4, 0.5) is 11.5 Å². The van der Waals surface area contributed by atoms with Crippen molar-refractivity contribution in [3.8, 4) is 0 Å². The molecule has 0 aliphatic rings. The lowest BCUT2D eigenvalue weighted by Gasteiger charge is -2.24. The molecule has 1 aromatic carbocycles. The van der Waals surface area contributed by atoms with Gasteiger partial charge in [0.2, 0.25) is 5.91 Å². The third kappa shape index (κ3) is 4.38. The Hall–Kier alpha value is -2.70. The molecule has 0 bridgehead atoms. The zero-order chi connectivity index (χ0) is 17.2. The van der Waals surface area contributed by atoms with Crippen LogP contribution in [0.25, 0.3) is 10.9 Å². The molecular formula is C16H20N4O3. The summed E-state index contributed by atoms with van der Waals surface area (Å²) in [5, 5.41) is 17.4. The first-order valence-electron chi connectivity index (χ1n) is 7.29. The van der Waals surface area contributed by atoms with Crippen LogP contribution in [0.3, 0.4) is 0 Å². The second kappa shape index (κ2) is 6.20. The van der Waals surface area contributed by atoms with Crippen LogP contribution in [-0.2, 0) is 4.79 Å². The average Bonchev–Trinajstić information content (AvgIpc) is 2.44. The maximum absolute atomic E-state index is 12.1. The van der Waals surface area contributed by atoms with E-state index >= 15 is 0 Å². The number of aromatic nitrogens is 1. The van der Waals surface area contributed by atoms with E-state index in [9.17, 15) is 14.9 Å². The molecule has 1 amide bonds. The predicted molar refractivity (Wildman–Crippen MR) is 89.4 cm³/mol. The molecule has 122 valence electrons. The minimum absolute atomic E-state index is 0.0259. The van der Waals surface area contributed by atoms with Crippen LogP contribution in [0.2, 0.25) is 0 Å². The fourth-order valence-corrected chi connectivity index (χ4v) is 2.07. The van der Waals surface area contributed by atoms with Gasteiger partial charge < -0.3 is 10.6 Å². The maximum atomic E-state index is 12.1. The number of rotatable bonds is 4. The quantitative estimate of drug-likeness (QED) is 0.667. The van der Waals surface area contributed by atoms with E-state index in [0.29, 0.717) is 16.7 Å². The van der Waals surface area contributed by atoms with Crippen molar-refractivity contribution in [1.29, 1.82) is 0 Å². The van der Waals surface area contributed by atoms with Crippen LogP contribution in [0, 0.1) is 10.1 Å². The van der Waals surface area contributed by atoms with Crippen molar-refractivity contribution in [2.75, 3.05) is 5.32 Å². The lowest BCUT2D eigenvalue weighted by Crippen LogP contribution is -2.47. The largest absolute Gasteiger partial charge is 0.359 e. The summed E-state index contributed by atoms with van der Waals surface area (Å²) < 4.78 is 0. The van der Waals surface area contributed by atoms with Gasteiger partial charge in [-0.2, -0.15) is 0 Å². The predicted octanol–water partition coefficient (Wildman–Crippen LogP) is 2.86. The summed E-state index contributed by atoms with van der Waals surface area (Å²) in [4.78, 5) is 26.8. The van der Waals surface area contributed by atoms with Gasteiger partial charge in [0.1, 0.15) is 11.9 Å². The Morgan fingerprint density at radius 1 is 1.26 bits per heavy atom. The maximum Gasteiger partial charge on any atom is 0.270 e. The third-order valence-corrected chi connectivity index (χ3v) is 3.14. The highest BCUT2D eigenvalue weighted by molar-refractivity contribution is 5.86. The molecule has 7 heteroatoms. The van der Waals surface area contributed by atoms with Crippen molar-refractivity contribution in [3.05, 3.63) is 40.4 Å². The fraction of sp³-hybridized carbons (Fsp3) is 0.375. The van der Waals surface area contributed by atoms with E-state index in [1.165, 1.54) is 12.1 Å². The number of nitrogens with zero attached hydrogens (tertiary/aromatic N) is 2. The molecule has 0 aliphatic heterocycles. The number of amides is 1. The molecular weight excluding hydrogens is 296 g/mol. The van der Waals surface area contributed by atoms with E-state index in [0.717, 1.165) is 0 Å². The first kappa shape index (κ1) is 16.7. The Balaban J connectivity index is 2.16.